The van der Waals surface area contributed by atoms with Crippen LogP contribution in [0.15, 0.2) is 41.3 Å². The molecule has 0 unspecified atom stereocenters. The Labute approximate surface area is 148 Å². The second-order valence-electron chi connectivity index (χ2n) is 5.71. The molecule has 0 heterocycles. The van der Waals surface area contributed by atoms with Crippen molar-refractivity contribution < 1.29 is 13.3 Å². The quantitative estimate of drug-likeness (QED) is 0.593. The molecule has 0 aliphatic rings. The third kappa shape index (κ3) is 4.17. The maximum atomic E-state index is 12.7. The first-order valence-electron chi connectivity index (χ1n) is 8.24. The molecule has 2 aromatic carbocycles. The maximum absolute atomic E-state index is 12.7. The van der Waals surface area contributed by atoms with Crippen LogP contribution in [-0.2, 0) is 29.3 Å². The Bertz CT molecular complexity index is 849. The summed E-state index contributed by atoms with van der Waals surface area (Å²) < 4.78 is 28.1. The van der Waals surface area contributed by atoms with Gasteiger partial charge in [-0.1, -0.05) is 32.9 Å². The molecule has 7 heteroatoms. The molecule has 0 saturated carbocycles. The van der Waals surface area contributed by atoms with Gasteiger partial charge in [-0.25, -0.2) is 8.42 Å². The first-order valence-corrected chi connectivity index (χ1v) is 9.72. The number of nitro benzene ring substituents is 1. The average Bonchev–Trinajstić information content (AvgIpc) is 2.61. The number of rotatable bonds is 7. The van der Waals surface area contributed by atoms with Gasteiger partial charge in [-0.15, -0.1) is 0 Å². The highest BCUT2D eigenvalue weighted by Gasteiger charge is 2.19. The molecule has 0 aliphatic heterocycles. The molecule has 0 aliphatic carbocycles. The molecule has 2 rings (SSSR count). The van der Waals surface area contributed by atoms with Crippen LogP contribution in [0.3, 0.4) is 0 Å². The van der Waals surface area contributed by atoms with Gasteiger partial charge >= 0.3 is 0 Å². The van der Waals surface area contributed by atoms with Gasteiger partial charge in [0.1, 0.15) is 0 Å². The van der Waals surface area contributed by atoms with Gasteiger partial charge < -0.3 is 0 Å². The first kappa shape index (κ1) is 18.9. The minimum Gasteiger partial charge on any atom is -0.279 e. The van der Waals surface area contributed by atoms with Gasteiger partial charge in [0, 0.05) is 12.1 Å². The molecule has 6 nitrogen and oxygen atoms in total. The molecule has 0 spiro atoms. The highest BCUT2D eigenvalue weighted by Crippen LogP contribution is 2.28. The smallest absolute Gasteiger partial charge is 0.269 e. The molecule has 0 aromatic heterocycles. The van der Waals surface area contributed by atoms with Crippen LogP contribution in [0.5, 0.6) is 0 Å². The third-order valence-electron chi connectivity index (χ3n) is 4.13. The lowest BCUT2D eigenvalue weighted by Gasteiger charge is -2.17. The van der Waals surface area contributed by atoms with Crippen molar-refractivity contribution in [2.75, 3.05) is 4.72 Å². The summed E-state index contributed by atoms with van der Waals surface area (Å²) in [4.78, 5) is 10.2. The number of nitrogens with one attached hydrogen (secondary N) is 1. The summed E-state index contributed by atoms with van der Waals surface area (Å²) in [6.07, 6.45) is 2.30. The highest BCUT2D eigenvalue weighted by molar-refractivity contribution is 7.92. The summed E-state index contributed by atoms with van der Waals surface area (Å²) in [6.45, 7) is 6.03. The zero-order chi connectivity index (χ0) is 18.6. The predicted octanol–water partition coefficient (Wildman–Crippen LogP) is 4.08. The minimum absolute atomic E-state index is 0.00164. The molecule has 25 heavy (non-hydrogen) atoms. The van der Waals surface area contributed by atoms with Crippen LogP contribution in [0, 0.1) is 10.1 Å². The second kappa shape index (κ2) is 7.65. The number of benzene rings is 2. The van der Waals surface area contributed by atoms with E-state index in [0.717, 1.165) is 17.5 Å². The lowest BCUT2D eigenvalue weighted by molar-refractivity contribution is -0.384. The van der Waals surface area contributed by atoms with Crippen LogP contribution >= 0.6 is 0 Å². The fourth-order valence-corrected chi connectivity index (χ4v) is 3.82. The molecule has 134 valence electrons. The van der Waals surface area contributed by atoms with Crippen molar-refractivity contribution in [3.8, 4) is 0 Å². The number of anilines is 1. The normalized spacial score (nSPS) is 11.3. The summed E-state index contributed by atoms with van der Waals surface area (Å²) in [5, 5.41) is 10.7. The summed E-state index contributed by atoms with van der Waals surface area (Å²) >= 11 is 0. The summed E-state index contributed by atoms with van der Waals surface area (Å²) in [7, 11) is -3.81. The van der Waals surface area contributed by atoms with E-state index >= 15 is 0 Å². The lowest BCUT2D eigenvalue weighted by atomic mass is 9.98. The number of aryl methyl sites for hydroxylation is 3. The van der Waals surface area contributed by atoms with Crippen molar-refractivity contribution >= 4 is 21.4 Å². The minimum atomic E-state index is -3.81. The van der Waals surface area contributed by atoms with Gasteiger partial charge in [0.05, 0.1) is 15.5 Å². The van der Waals surface area contributed by atoms with Gasteiger partial charge in [-0.2, -0.15) is 0 Å². The van der Waals surface area contributed by atoms with Gasteiger partial charge in [-0.05, 0) is 48.1 Å². The van der Waals surface area contributed by atoms with E-state index in [2.05, 4.69) is 11.6 Å². The van der Waals surface area contributed by atoms with Crippen molar-refractivity contribution in [3.05, 3.63) is 63.2 Å². The highest BCUT2D eigenvalue weighted by atomic mass is 32.2. The molecule has 0 atom stereocenters. The van der Waals surface area contributed by atoms with Gasteiger partial charge in [0.15, 0.2) is 0 Å². The molecule has 0 amide bonds. The van der Waals surface area contributed by atoms with Crippen LogP contribution in [0.1, 0.15) is 37.5 Å². The summed E-state index contributed by atoms with van der Waals surface area (Å²) in [5.41, 5.74) is 3.53. The van der Waals surface area contributed by atoms with Gasteiger partial charge in [-0.3, -0.25) is 14.8 Å². The SMILES string of the molecule is CCc1cc(CC)c(NS(=O)(=O)c2ccc([N+](=O)[O-])cc2)c(CC)c1. The van der Waals surface area contributed by atoms with Gasteiger partial charge in [0.25, 0.3) is 15.7 Å². The van der Waals surface area contributed by atoms with E-state index in [-0.39, 0.29) is 10.6 Å². The first-order chi connectivity index (χ1) is 11.8. The van der Waals surface area contributed by atoms with Crippen LogP contribution in [0.25, 0.3) is 0 Å². The Morgan fingerprint density at radius 2 is 1.48 bits per heavy atom. The Balaban J connectivity index is 2.45. The maximum Gasteiger partial charge on any atom is 0.269 e. The van der Waals surface area contributed by atoms with Crippen LogP contribution in [0.2, 0.25) is 0 Å². The van der Waals surface area contributed by atoms with Crippen molar-refractivity contribution in [1.29, 1.82) is 0 Å². The molecule has 0 saturated heterocycles. The Hall–Kier alpha value is -2.41. The molecule has 0 bridgehead atoms. The van der Waals surface area contributed by atoms with Crippen molar-refractivity contribution in [2.24, 2.45) is 0 Å². The fraction of sp³-hybridized carbons (Fsp3) is 0.333. The number of hydrogen-bond acceptors (Lipinski definition) is 4. The number of nitro groups is 1. The van der Waals surface area contributed by atoms with E-state index in [1.54, 1.807) is 0 Å². The molecule has 2 aromatic rings. The number of non-ortho nitro benzene ring substituents is 1. The van der Waals surface area contributed by atoms with E-state index in [9.17, 15) is 18.5 Å². The Morgan fingerprint density at radius 1 is 0.960 bits per heavy atom. The predicted molar refractivity (Wildman–Crippen MR) is 98.5 cm³/mol. The van der Waals surface area contributed by atoms with Crippen LogP contribution in [0.4, 0.5) is 11.4 Å². The molecule has 0 radical (unpaired) electrons. The Morgan fingerprint density at radius 3 is 1.88 bits per heavy atom. The van der Waals surface area contributed by atoms with Crippen molar-refractivity contribution in [3.63, 3.8) is 0 Å². The monoisotopic (exact) mass is 362 g/mol. The number of hydrogen-bond donors (Lipinski definition) is 1. The third-order valence-corrected chi connectivity index (χ3v) is 5.49. The molecular formula is C18H22N2O4S. The largest absolute Gasteiger partial charge is 0.279 e. The summed E-state index contributed by atoms with van der Waals surface area (Å²) in [6, 6.07) is 8.92. The van der Waals surface area contributed by atoms with Crippen LogP contribution < -0.4 is 4.72 Å². The second-order valence-corrected chi connectivity index (χ2v) is 7.39. The van der Waals surface area contributed by atoms with Crippen molar-refractivity contribution in [2.45, 2.75) is 44.9 Å². The lowest BCUT2D eigenvalue weighted by Crippen LogP contribution is -2.16. The zero-order valence-electron chi connectivity index (χ0n) is 14.6. The molecule has 1 N–H and O–H groups in total. The summed E-state index contributed by atoms with van der Waals surface area (Å²) in [5.74, 6) is 0. The van der Waals surface area contributed by atoms with E-state index in [4.69, 9.17) is 0 Å². The fourth-order valence-electron chi connectivity index (χ4n) is 2.67. The molecule has 0 fully saturated rings. The topological polar surface area (TPSA) is 89.3 Å². The number of sulfonamides is 1. The van der Waals surface area contributed by atoms with E-state index in [1.165, 1.54) is 29.8 Å². The zero-order valence-corrected chi connectivity index (χ0v) is 15.4. The van der Waals surface area contributed by atoms with E-state index in [0.29, 0.717) is 18.5 Å². The van der Waals surface area contributed by atoms with Gasteiger partial charge in [0.2, 0.25) is 0 Å². The van der Waals surface area contributed by atoms with E-state index < -0.39 is 14.9 Å². The van der Waals surface area contributed by atoms with Crippen molar-refractivity contribution in [1.82, 2.24) is 0 Å². The molecular weight excluding hydrogens is 340 g/mol. The average molecular weight is 362 g/mol. The Kier molecular flexibility index (Phi) is 5.79. The van der Waals surface area contributed by atoms with Crippen LogP contribution in [-0.4, -0.2) is 13.3 Å². The van der Waals surface area contributed by atoms with E-state index in [1.807, 2.05) is 26.0 Å². The number of nitrogens with zero attached hydrogens (tertiary/aromatic N) is 1. The standard InChI is InChI=1S/C18H22N2O4S/c1-4-13-11-14(5-2)18(15(6-3)12-13)19-25(23,24)17-9-7-16(8-10-17)20(21)22/h7-12,19H,4-6H2,1-3H3.